The number of rotatable bonds is 7. The molecule has 5 N–H and O–H groups in total. The number of hydrogen-bond donors (Lipinski definition) is 4. The Bertz CT molecular complexity index is 311. The average Bonchev–Trinajstić information content (AvgIpc) is 2.27. The fourth-order valence-electron chi connectivity index (χ4n) is 1.04. The highest BCUT2D eigenvalue weighted by molar-refractivity contribution is 5.37. The molecular formula is C9H16N4O3. The highest BCUT2D eigenvalue weighted by atomic mass is 16.5. The van der Waals surface area contributed by atoms with Gasteiger partial charge >= 0.3 is 0 Å². The van der Waals surface area contributed by atoms with Crippen molar-refractivity contribution < 1.29 is 14.9 Å². The topological polar surface area (TPSA) is 114 Å². The fourth-order valence-corrected chi connectivity index (χ4v) is 1.04. The van der Waals surface area contributed by atoms with E-state index in [4.69, 9.17) is 15.6 Å². The Kier molecular flexibility index (Phi) is 5.48. The molecule has 0 saturated carbocycles. The second-order valence-electron chi connectivity index (χ2n) is 3.13. The molecular weight excluding hydrogens is 212 g/mol. The molecule has 0 saturated heterocycles. The van der Waals surface area contributed by atoms with Crippen molar-refractivity contribution in [1.29, 1.82) is 0 Å². The Morgan fingerprint density at radius 2 is 2.38 bits per heavy atom. The van der Waals surface area contributed by atoms with Gasteiger partial charge in [-0.15, -0.1) is 0 Å². The van der Waals surface area contributed by atoms with Gasteiger partial charge in [0.1, 0.15) is 5.82 Å². The first kappa shape index (κ1) is 12.6. The molecule has 0 aliphatic heterocycles. The number of aliphatic hydroxyl groups excluding tert-OH is 2. The molecule has 1 aromatic heterocycles. The summed E-state index contributed by atoms with van der Waals surface area (Å²) >= 11 is 0. The smallest absolute Gasteiger partial charge is 0.221 e. The maximum absolute atomic E-state index is 9.46. The molecule has 0 aliphatic carbocycles. The molecule has 16 heavy (non-hydrogen) atoms. The standard InChI is InChI=1S/C9H16N4O3/c10-9-11-2-1-8(13-9)12-5-7(15)6-16-4-3-14/h1-2,7,14-15H,3-6H2,(H3,10,11,12,13). The predicted octanol–water partition coefficient (Wildman–Crippen LogP) is -1.16. The van der Waals surface area contributed by atoms with Gasteiger partial charge in [-0.25, -0.2) is 4.98 Å². The van der Waals surface area contributed by atoms with E-state index in [1.54, 1.807) is 6.07 Å². The molecule has 0 fully saturated rings. The van der Waals surface area contributed by atoms with Crippen LogP contribution in [-0.2, 0) is 4.74 Å². The lowest BCUT2D eigenvalue weighted by Gasteiger charge is -2.12. The zero-order valence-corrected chi connectivity index (χ0v) is 8.83. The number of nitrogens with one attached hydrogen (secondary N) is 1. The Morgan fingerprint density at radius 1 is 1.56 bits per heavy atom. The average molecular weight is 228 g/mol. The lowest BCUT2D eigenvalue weighted by Crippen LogP contribution is -2.25. The summed E-state index contributed by atoms with van der Waals surface area (Å²) in [6.07, 6.45) is 0.863. The van der Waals surface area contributed by atoms with Crippen molar-refractivity contribution in [3.8, 4) is 0 Å². The molecule has 0 amide bonds. The van der Waals surface area contributed by atoms with Crippen molar-refractivity contribution in [2.45, 2.75) is 6.10 Å². The lowest BCUT2D eigenvalue weighted by molar-refractivity contribution is 0.0269. The first-order chi connectivity index (χ1) is 7.72. The van der Waals surface area contributed by atoms with Crippen LogP contribution in [-0.4, -0.2) is 52.7 Å². The van der Waals surface area contributed by atoms with Crippen LogP contribution in [0, 0.1) is 0 Å². The van der Waals surface area contributed by atoms with Gasteiger partial charge < -0.3 is 26.0 Å². The van der Waals surface area contributed by atoms with Gasteiger partial charge in [0, 0.05) is 12.7 Å². The van der Waals surface area contributed by atoms with Crippen molar-refractivity contribution in [1.82, 2.24) is 9.97 Å². The molecule has 1 atom stereocenters. The van der Waals surface area contributed by atoms with Crippen LogP contribution >= 0.6 is 0 Å². The summed E-state index contributed by atoms with van der Waals surface area (Å²) in [5, 5.41) is 20.8. The van der Waals surface area contributed by atoms with E-state index >= 15 is 0 Å². The zero-order chi connectivity index (χ0) is 11.8. The van der Waals surface area contributed by atoms with E-state index in [9.17, 15) is 5.11 Å². The Hall–Kier alpha value is -1.44. The molecule has 0 aliphatic rings. The van der Waals surface area contributed by atoms with E-state index in [-0.39, 0.29) is 25.8 Å². The number of nitrogen functional groups attached to an aromatic ring is 1. The monoisotopic (exact) mass is 228 g/mol. The molecule has 7 heteroatoms. The Labute approximate surface area is 93.3 Å². The summed E-state index contributed by atoms with van der Waals surface area (Å²) in [6.45, 7) is 0.621. The number of aromatic nitrogens is 2. The summed E-state index contributed by atoms with van der Waals surface area (Å²) in [4.78, 5) is 7.64. The predicted molar refractivity (Wildman–Crippen MR) is 58.8 cm³/mol. The molecule has 7 nitrogen and oxygen atoms in total. The highest BCUT2D eigenvalue weighted by Crippen LogP contribution is 2.02. The summed E-state index contributed by atoms with van der Waals surface area (Å²) < 4.78 is 4.96. The molecule has 90 valence electrons. The number of nitrogens with two attached hydrogens (primary N) is 1. The van der Waals surface area contributed by atoms with Crippen LogP contribution in [0.15, 0.2) is 12.3 Å². The van der Waals surface area contributed by atoms with Gasteiger partial charge in [-0.05, 0) is 6.07 Å². The second kappa shape index (κ2) is 6.94. The quantitative estimate of drug-likeness (QED) is 0.435. The number of nitrogens with zero attached hydrogens (tertiary/aromatic N) is 2. The summed E-state index contributed by atoms with van der Waals surface area (Å²) in [5.41, 5.74) is 5.39. The first-order valence-electron chi connectivity index (χ1n) is 4.91. The van der Waals surface area contributed by atoms with Gasteiger partial charge in [-0.3, -0.25) is 0 Å². The van der Waals surface area contributed by atoms with E-state index in [0.717, 1.165) is 0 Å². The van der Waals surface area contributed by atoms with Crippen LogP contribution in [0.5, 0.6) is 0 Å². The van der Waals surface area contributed by atoms with E-state index < -0.39 is 6.10 Å². The van der Waals surface area contributed by atoms with E-state index in [1.165, 1.54) is 6.20 Å². The zero-order valence-electron chi connectivity index (χ0n) is 8.83. The largest absolute Gasteiger partial charge is 0.394 e. The van der Waals surface area contributed by atoms with Crippen LogP contribution in [0.1, 0.15) is 0 Å². The minimum Gasteiger partial charge on any atom is -0.394 e. The number of aliphatic hydroxyl groups is 2. The second-order valence-corrected chi connectivity index (χ2v) is 3.13. The van der Waals surface area contributed by atoms with Crippen LogP contribution in [0.4, 0.5) is 11.8 Å². The molecule has 0 bridgehead atoms. The van der Waals surface area contributed by atoms with Crippen molar-refractivity contribution in [2.24, 2.45) is 0 Å². The minimum absolute atomic E-state index is 0.0530. The lowest BCUT2D eigenvalue weighted by atomic mass is 10.4. The number of ether oxygens (including phenoxy) is 1. The van der Waals surface area contributed by atoms with E-state index in [2.05, 4.69) is 15.3 Å². The van der Waals surface area contributed by atoms with Crippen LogP contribution in [0.2, 0.25) is 0 Å². The van der Waals surface area contributed by atoms with Gasteiger partial charge in [-0.1, -0.05) is 0 Å². The van der Waals surface area contributed by atoms with Crippen LogP contribution < -0.4 is 11.1 Å². The van der Waals surface area contributed by atoms with Crippen molar-refractivity contribution in [3.63, 3.8) is 0 Å². The number of hydrogen-bond acceptors (Lipinski definition) is 7. The van der Waals surface area contributed by atoms with Crippen LogP contribution in [0.3, 0.4) is 0 Å². The van der Waals surface area contributed by atoms with E-state index in [0.29, 0.717) is 12.4 Å². The normalized spacial score (nSPS) is 12.4. The first-order valence-corrected chi connectivity index (χ1v) is 4.91. The minimum atomic E-state index is -0.664. The van der Waals surface area contributed by atoms with Crippen molar-refractivity contribution in [3.05, 3.63) is 12.3 Å². The van der Waals surface area contributed by atoms with Gasteiger partial charge in [-0.2, -0.15) is 4.98 Å². The Morgan fingerprint density at radius 3 is 3.06 bits per heavy atom. The summed E-state index contributed by atoms with van der Waals surface area (Å²) in [5.74, 6) is 0.727. The third-order valence-corrected chi connectivity index (χ3v) is 1.74. The maximum Gasteiger partial charge on any atom is 0.221 e. The highest BCUT2D eigenvalue weighted by Gasteiger charge is 2.04. The van der Waals surface area contributed by atoms with Gasteiger partial charge in [0.25, 0.3) is 0 Å². The third kappa shape index (κ3) is 4.87. The SMILES string of the molecule is Nc1nccc(NCC(O)COCCO)n1. The Balaban J connectivity index is 2.23. The van der Waals surface area contributed by atoms with Gasteiger partial charge in [0.05, 0.1) is 25.9 Å². The van der Waals surface area contributed by atoms with E-state index in [1.807, 2.05) is 0 Å². The number of anilines is 2. The summed E-state index contributed by atoms with van der Waals surface area (Å²) in [7, 11) is 0. The fraction of sp³-hybridized carbons (Fsp3) is 0.556. The molecule has 1 heterocycles. The molecule has 0 aromatic carbocycles. The maximum atomic E-state index is 9.46. The van der Waals surface area contributed by atoms with Gasteiger partial charge in [0.2, 0.25) is 5.95 Å². The van der Waals surface area contributed by atoms with Crippen molar-refractivity contribution in [2.75, 3.05) is 37.4 Å². The van der Waals surface area contributed by atoms with Crippen molar-refractivity contribution >= 4 is 11.8 Å². The molecule has 1 aromatic rings. The van der Waals surface area contributed by atoms with Gasteiger partial charge in [0.15, 0.2) is 0 Å². The molecule has 1 unspecified atom stereocenters. The summed E-state index contributed by atoms with van der Waals surface area (Å²) in [6, 6.07) is 1.65. The third-order valence-electron chi connectivity index (χ3n) is 1.74. The molecule has 0 radical (unpaired) electrons. The molecule has 1 rings (SSSR count). The van der Waals surface area contributed by atoms with Crippen LogP contribution in [0.25, 0.3) is 0 Å². The molecule has 0 spiro atoms.